The number of hydrogen-bond donors (Lipinski definition) is 2. The normalized spacial score (nSPS) is 17.9. The predicted molar refractivity (Wildman–Crippen MR) is 115 cm³/mol. The number of methoxy groups -OCH3 is 1. The van der Waals surface area contributed by atoms with Crippen molar-refractivity contribution in [2.75, 3.05) is 12.0 Å². The molecule has 158 valence electrons. The lowest BCUT2D eigenvalue weighted by atomic mass is 9.99. The van der Waals surface area contributed by atoms with E-state index in [0.717, 1.165) is 4.90 Å². The second-order valence-electron chi connectivity index (χ2n) is 6.65. The van der Waals surface area contributed by atoms with Crippen LogP contribution in [0.15, 0.2) is 64.8 Å². The number of phenols is 1. The number of para-hydroxylation sites is 2. The Kier molecular flexibility index (Phi) is 5.39. The number of Topliss-reactive ketones (excluding diaryl/α,β-unsaturated/α-hetero) is 1. The fourth-order valence-corrected chi connectivity index (χ4v) is 4.15. The first kappa shape index (κ1) is 20.8. The first-order chi connectivity index (χ1) is 14.8. The van der Waals surface area contributed by atoms with Crippen LogP contribution in [0.2, 0.25) is 10.0 Å². The predicted octanol–water partition coefficient (Wildman–Crippen LogP) is 4.93. The highest BCUT2D eigenvalue weighted by Crippen LogP contribution is 2.45. The molecule has 0 bridgehead atoms. The van der Waals surface area contributed by atoms with Gasteiger partial charge in [-0.25, -0.2) is 0 Å². The Hall–Kier alpha value is -3.42. The molecule has 2 N–H and O–H groups in total. The van der Waals surface area contributed by atoms with Crippen molar-refractivity contribution in [1.29, 1.82) is 0 Å². The van der Waals surface area contributed by atoms with E-state index in [4.69, 9.17) is 32.4 Å². The van der Waals surface area contributed by atoms with E-state index in [9.17, 15) is 19.8 Å². The zero-order chi connectivity index (χ0) is 22.3. The van der Waals surface area contributed by atoms with Crippen molar-refractivity contribution in [3.63, 3.8) is 0 Å². The zero-order valence-electron chi connectivity index (χ0n) is 16.0. The number of ether oxygens (including phenoxy) is 1. The first-order valence-corrected chi connectivity index (χ1v) is 9.76. The van der Waals surface area contributed by atoms with E-state index < -0.39 is 23.5 Å². The summed E-state index contributed by atoms with van der Waals surface area (Å²) in [7, 11) is 1.39. The summed E-state index contributed by atoms with van der Waals surface area (Å²) in [5.74, 6) is -2.17. The summed E-state index contributed by atoms with van der Waals surface area (Å²) in [6, 6.07) is 10.8. The maximum atomic E-state index is 13.0. The van der Waals surface area contributed by atoms with Crippen LogP contribution in [-0.2, 0) is 9.59 Å². The molecule has 1 aliphatic heterocycles. The number of nitrogens with zero attached hydrogens (tertiary/aromatic N) is 1. The van der Waals surface area contributed by atoms with Gasteiger partial charge in [0.2, 0.25) is 0 Å². The molecule has 0 aliphatic carbocycles. The number of carbonyl (C=O) groups is 2. The smallest absolute Gasteiger partial charge is 0.300 e. The Bertz CT molecular complexity index is 1200. The highest BCUT2D eigenvalue weighted by Gasteiger charge is 2.49. The Morgan fingerprint density at radius 1 is 1.10 bits per heavy atom. The number of hydrogen-bond acceptors (Lipinski definition) is 6. The van der Waals surface area contributed by atoms with Crippen LogP contribution in [0.3, 0.4) is 0 Å². The molecule has 0 saturated carbocycles. The molecule has 1 unspecified atom stereocenters. The van der Waals surface area contributed by atoms with Crippen molar-refractivity contribution < 1.29 is 29.0 Å². The second kappa shape index (κ2) is 8.02. The number of halogens is 2. The van der Waals surface area contributed by atoms with Crippen molar-refractivity contribution in [3.8, 4) is 11.5 Å². The third-order valence-electron chi connectivity index (χ3n) is 4.87. The zero-order valence-corrected chi connectivity index (χ0v) is 17.5. The molecule has 0 radical (unpaired) electrons. The summed E-state index contributed by atoms with van der Waals surface area (Å²) in [5.41, 5.74) is -0.0287. The molecule has 3 aromatic rings. The standard InChI is InChI=1S/C22H15Cl2NO6/c1-30-21-12(23)9-11(10-13(21)24)19(27)17-18(16-7-4-8-31-16)25(22(29)20(17)28)14-5-2-3-6-15(14)26/h2-10,18,26-27H,1H3/b19-17-. The quantitative estimate of drug-likeness (QED) is 0.326. The van der Waals surface area contributed by atoms with Gasteiger partial charge < -0.3 is 19.4 Å². The number of aliphatic hydroxyl groups excluding tert-OH is 1. The van der Waals surface area contributed by atoms with Gasteiger partial charge >= 0.3 is 0 Å². The van der Waals surface area contributed by atoms with Gasteiger partial charge in [0.25, 0.3) is 11.7 Å². The minimum Gasteiger partial charge on any atom is -0.507 e. The summed E-state index contributed by atoms with van der Waals surface area (Å²) in [6.45, 7) is 0. The number of ketones is 1. The average molecular weight is 460 g/mol. The number of carbonyl (C=O) groups excluding carboxylic acids is 2. The van der Waals surface area contributed by atoms with Gasteiger partial charge in [-0.1, -0.05) is 35.3 Å². The molecule has 1 aliphatic rings. The fraction of sp³-hybridized carbons (Fsp3) is 0.0909. The van der Waals surface area contributed by atoms with Crippen LogP contribution in [0.25, 0.3) is 5.76 Å². The number of anilines is 1. The van der Waals surface area contributed by atoms with Gasteiger partial charge in [-0.15, -0.1) is 0 Å². The van der Waals surface area contributed by atoms with Gasteiger partial charge in [-0.3, -0.25) is 14.5 Å². The van der Waals surface area contributed by atoms with E-state index in [2.05, 4.69) is 0 Å². The van der Waals surface area contributed by atoms with Gasteiger partial charge in [-0.2, -0.15) is 0 Å². The van der Waals surface area contributed by atoms with Crippen LogP contribution in [0.4, 0.5) is 5.69 Å². The van der Waals surface area contributed by atoms with Crippen LogP contribution >= 0.6 is 23.2 Å². The van der Waals surface area contributed by atoms with Crippen molar-refractivity contribution in [1.82, 2.24) is 0 Å². The van der Waals surface area contributed by atoms with Crippen LogP contribution in [0, 0.1) is 0 Å². The summed E-state index contributed by atoms with van der Waals surface area (Å²) >= 11 is 12.3. The van der Waals surface area contributed by atoms with E-state index in [1.165, 1.54) is 37.6 Å². The minimum absolute atomic E-state index is 0.0934. The van der Waals surface area contributed by atoms with E-state index in [1.54, 1.807) is 24.3 Å². The van der Waals surface area contributed by atoms with Crippen molar-refractivity contribution in [3.05, 3.63) is 81.7 Å². The van der Waals surface area contributed by atoms with E-state index in [1.807, 2.05) is 0 Å². The summed E-state index contributed by atoms with van der Waals surface area (Å²) < 4.78 is 10.6. The molecule has 2 heterocycles. The summed E-state index contributed by atoms with van der Waals surface area (Å²) in [5, 5.41) is 21.6. The Morgan fingerprint density at radius 3 is 2.35 bits per heavy atom. The van der Waals surface area contributed by atoms with Crippen molar-refractivity contribution >= 4 is 46.3 Å². The second-order valence-corrected chi connectivity index (χ2v) is 7.46. The Morgan fingerprint density at radius 2 is 1.77 bits per heavy atom. The lowest BCUT2D eigenvalue weighted by molar-refractivity contribution is -0.132. The van der Waals surface area contributed by atoms with Crippen molar-refractivity contribution in [2.24, 2.45) is 0 Å². The molecule has 7 nitrogen and oxygen atoms in total. The molecular formula is C22H15Cl2NO6. The van der Waals surface area contributed by atoms with Gasteiger partial charge in [0.05, 0.1) is 34.7 Å². The molecular weight excluding hydrogens is 445 g/mol. The third-order valence-corrected chi connectivity index (χ3v) is 5.44. The number of aliphatic hydroxyl groups is 1. The molecule has 4 rings (SSSR count). The largest absolute Gasteiger partial charge is 0.507 e. The first-order valence-electron chi connectivity index (χ1n) is 9.01. The topological polar surface area (TPSA) is 100 Å². The third kappa shape index (κ3) is 3.41. The number of phenolic OH excluding ortho intramolecular Hbond substituents is 1. The number of benzene rings is 2. The lowest BCUT2D eigenvalue weighted by Crippen LogP contribution is -2.29. The molecule has 1 aromatic heterocycles. The number of furan rings is 1. The maximum absolute atomic E-state index is 13.0. The SMILES string of the molecule is COc1c(Cl)cc(/C(O)=C2/C(=O)C(=O)N(c3ccccc3O)C2c2ccco2)cc1Cl. The maximum Gasteiger partial charge on any atom is 0.300 e. The molecule has 31 heavy (non-hydrogen) atoms. The highest BCUT2D eigenvalue weighted by atomic mass is 35.5. The molecule has 1 saturated heterocycles. The van der Waals surface area contributed by atoms with Gasteiger partial charge in [0.15, 0.2) is 5.75 Å². The Labute approximate surface area is 186 Å². The summed E-state index contributed by atoms with van der Waals surface area (Å²) in [4.78, 5) is 27.0. The van der Waals surface area contributed by atoms with Crippen LogP contribution in [-0.4, -0.2) is 29.0 Å². The van der Waals surface area contributed by atoms with Crippen molar-refractivity contribution in [2.45, 2.75) is 6.04 Å². The monoisotopic (exact) mass is 459 g/mol. The van der Waals surface area contributed by atoms with Gasteiger partial charge in [0.1, 0.15) is 23.3 Å². The molecule has 1 atom stereocenters. The van der Waals surface area contributed by atoms with E-state index in [0.29, 0.717) is 0 Å². The van der Waals surface area contributed by atoms with Crippen LogP contribution in [0.1, 0.15) is 17.4 Å². The average Bonchev–Trinajstić information content (AvgIpc) is 3.35. The minimum atomic E-state index is -1.12. The molecule has 9 heteroatoms. The highest BCUT2D eigenvalue weighted by molar-refractivity contribution is 6.52. The lowest BCUT2D eigenvalue weighted by Gasteiger charge is -2.24. The fourth-order valence-electron chi connectivity index (χ4n) is 3.51. The molecule has 0 spiro atoms. The number of amides is 1. The summed E-state index contributed by atoms with van der Waals surface area (Å²) in [6.07, 6.45) is 1.38. The van der Waals surface area contributed by atoms with E-state index >= 15 is 0 Å². The molecule has 2 aromatic carbocycles. The number of aromatic hydroxyl groups is 1. The molecule has 1 fully saturated rings. The van der Waals surface area contributed by atoms with E-state index in [-0.39, 0.29) is 44.1 Å². The Balaban J connectivity index is 1.95. The van der Waals surface area contributed by atoms with Gasteiger partial charge in [-0.05, 0) is 36.4 Å². The molecule has 1 amide bonds. The van der Waals surface area contributed by atoms with Crippen LogP contribution < -0.4 is 9.64 Å². The van der Waals surface area contributed by atoms with Crippen LogP contribution in [0.5, 0.6) is 11.5 Å². The number of rotatable bonds is 4. The van der Waals surface area contributed by atoms with Gasteiger partial charge in [0, 0.05) is 5.56 Å².